The van der Waals surface area contributed by atoms with Crippen molar-refractivity contribution < 1.29 is 17.9 Å². The van der Waals surface area contributed by atoms with Gasteiger partial charge in [-0.25, -0.2) is 0 Å². The molecule has 17 heavy (non-hydrogen) atoms. The Bertz CT molecular complexity index is 372. The van der Waals surface area contributed by atoms with E-state index in [0.29, 0.717) is 18.7 Å². The van der Waals surface area contributed by atoms with Crippen LogP contribution >= 0.6 is 0 Å². The zero-order chi connectivity index (χ0) is 12.3. The van der Waals surface area contributed by atoms with Crippen molar-refractivity contribution in [3.05, 3.63) is 35.4 Å². The van der Waals surface area contributed by atoms with Crippen LogP contribution in [0.4, 0.5) is 13.2 Å². The van der Waals surface area contributed by atoms with E-state index in [9.17, 15) is 13.2 Å². The molecule has 1 saturated heterocycles. The van der Waals surface area contributed by atoms with Gasteiger partial charge in [0.1, 0.15) is 0 Å². The van der Waals surface area contributed by atoms with Crippen LogP contribution in [0.3, 0.4) is 0 Å². The highest BCUT2D eigenvalue weighted by Crippen LogP contribution is 2.29. The number of hydrogen-bond acceptors (Lipinski definition) is 2. The van der Waals surface area contributed by atoms with E-state index in [2.05, 4.69) is 5.32 Å². The summed E-state index contributed by atoms with van der Waals surface area (Å²) in [4.78, 5) is 0. The van der Waals surface area contributed by atoms with Crippen molar-refractivity contribution in [3.63, 3.8) is 0 Å². The van der Waals surface area contributed by atoms with Crippen molar-refractivity contribution in [1.29, 1.82) is 0 Å². The molecule has 0 aromatic heterocycles. The Labute approximate surface area is 97.8 Å². The minimum absolute atomic E-state index is 0.115. The highest BCUT2D eigenvalue weighted by atomic mass is 19.4. The highest BCUT2D eigenvalue weighted by molar-refractivity contribution is 5.25. The third-order valence-electron chi connectivity index (χ3n) is 2.80. The summed E-state index contributed by atoms with van der Waals surface area (Å²) in [5.41, 5.74) is 0.121. The lowest BCUT2D eigenvalue weighted by Crippen LogP contribution is -2.14. The van der Waals surface area contributed by atoms with Gasteiger partial charge in [0.05, 0.1) is 18.4 Å². The molecule has 0 spiro atoms. The number of nitrogens with one attached hydrogen (secondary N) is 1. The van der Waals surface area contributed by atoms with E-state index >= 15 is 0 Å². The van der Waals surface area contributed by atoms with Crippen molar-refractivity contribution in [2.75, 3.05) is 13.3 Å². The summed E-state index contributed by atoms with van der Waals surface area (Å²) < 4.78 is 42.8. The van der Waals surface area contributed by atoms with Gasteiger partial charge in [-0.2, -0.15) is 13.2 Å². The normalized spacial score (nSPS) is 20.8. The minimum Gasteiger partial charge on any atom is -0.362 e. The van der Waals surface area contributed by atoms with E-state index < -0.39 is 11.7 Å². The third kappa shape index (κ3) is 3.44. The van der Waals surface area contributed by atoms with Gasteiger partial charge in [-0.1, -0.05) is 18.2 Å². The summed E-state index contributed by atoms with van der Waals surface area (Å²) in [6.07, 6.45) is -2.80. The lowest BCUT2D eigenvalue weighted by atomic mass is 10.0. The molecule has 2 nitrogen and oxygen atoms in total. The summed E-state index contributed by atoms with van der Waals surface area (Å²) >= 11 is 0. The first kappa shape index (κ1) is 12.4. The fraction of sp³-hybridized carbons (Fsp3) is 0.500. The molecule has 1 aromatic carbocycles. The predicted molar refractivity (Wildman–Crippen MR) is 57.5 cm³/mol. The molecule has 0 bridgehead atoms. The molecule has 1 atom stereocenters. The lowest BCUT2D eigenvalue weighted by Gasteiger charge is -2.10. The first-order chi connectivity index (χ1) is 8.05. The molecule has 1 fully saturated rings. The number of rotatable bonds is 3. The lowest BCUT2D eigenvalue weighted by molar-refractivity contribution is -0.137. The predicted octanol–water partition coefficient (Wildman–Crippen LogP) is 2.58. The van der Waals surface area contributed by atoms with Gasteiger partial charge in [0, 0.05) is 6.54 Å². The van der Waals surface area contributed by atoms with E-state index in [4.69, 9.17) is 4.74 Å². The van der Waals surface area contributed by atoms with E-state index in [1.807, 2.05) is 0 Å². The number of benzene rings is 1. The molecular formula is C12H14F3NO. The molecular weight excluding hydrogens is 231 g/mol. The van der Waals surface area contributed by atoms with Crippen LogP contribution < -0.4 is 5.32 Å². The van der Waals surface area contributed by atoms with Crippen LogP contribution in [-0.4, -0.2) is 19.4 Å². The number of aryl methyl sites for hydroxylation is 1. The highest BCUT2D eigenvalue weighted by Gasteiger charge is 2.30. The van der Waals surface area contributed by atoms with Gasteiger partial charge in [0.15, 0.2) is 0 Å². The monoisotopic (exact) mass is 245 g/mol. The van der Waals surface area contributed by atoms with Gasteiger partial charge in [-0.05, 0) is 24.5 Å². The van der Waals surface area contributed by atoms with Crippen molar-refractivity contribution in [3.8, 4) is 0 Å². The van der Waals surface area contributed by atoms with Gasteiger partial charge in [-0.15, -0.1) is 0 Å². The maximum Gasteiger partial charge on any atom is 0.416 e. The molecule has 1 unspecified atom stereocenters. The summed E-state index contributed by atoms with van der Waals surface area (Å²) in [7, 11) is 0. The first-order valence-electron chi connectivity index (χ1n) is 5.54. The van der Waals surface area contributed by atoms with Crippen LogP contribution in [0.5, 0.6) is 0 Å². The number of halogens is 3. The zero-order valence-electron chi connectivity index (χ0n) is 9.26. The largest absolute Gasteiger partial charge is 0.416 e. The second-order valence-electron chi connectivity index (χ2n) is 4.12. The van der Waals surface area contributed by atoms with E-state index in [0.717, 1.165) is 19.0 Å². The molecule has 5 heteroatoms. The Morgan fingerprint density at radius 2 is 2.18 bits per heavy atom. The standard InChI is InChI=1S/C12H14F3NO/c13-12(14,15)10-3-1-2-9(6-10)4-5-11-7-16-8-17-11/h1-3,6,11,16H,4-5,7-8H2. The van der Waals surface area contributed by atoms with Crippen molar-refractivity contribution in [2.24, 2.45) is 0 Å². The molecule has 1 heterocycles. The molecule has 0 amide bonds. The smallest absolute Gasteiger partial charge is 0.362 e. The average molecular weight is 245 g/mol. The maximum atomic E-state index is 12.5. The van der Waals surface area contributed by atoms with E-state index in [1.54, 1.807) is 6.07 Å². The molecule has 0 radical (unpaired) electrons. The molecule has 94 valence electrons. The first-order valence-corrected chi connectivity index (χ1v) is 5.54. The van der Waals surface area contributed by atoms with Crippen molar-refractivity contribution in [1.82, 2.24) is 5.32 Å². The van der Waals surface area contributed by atoms with Gasteiger partial charge < -0.3 is 4.74 Å². The van der Waals surface area contributed by atoms with Gasteiger partial charge in [0.25, 0.3) is 0 Å². The van der Waals surface area contributed by atoms with Crippen molar-refractivity contribution in [2.45, 2.75) is 25.1 Å². The summed E-state index contributed by atoms with van der Waals surface area (Å²) in [6, 6.07) is 5.48. The van der Waals surface area contributed by atoms with E-state index in [-0.39, 0.29) is 6.10 Å². The molecule has 1 aromatic rings. The fourth-order valence-electron chi connectivity index (χ4n) is 1.87. The summed E-state index contributed by atoms with van der Waals surface area (Å²) in [5.74, 6) is 0. The molecule has 1 N–H and O–H groups in total. The molecule has 0 aliphatic carbocycles. The Kier molecular flexibility index (Phi) is 3.69. The van der Waals surface area contributed by atoms with Crippen LogP contribution in [0.1, 0.15) is 17.5 Å². The Hall–Kier alpha value is -1.07. The van der Waals surface area contributed by atoms with Crippen LogP contribution in [-0.2, 0) is 17.3 Å². The Morgan fingerprint density at radius 1 is 1.35 bits per heavy atom. The number of alkyl halides is 3. The second kappa shape index (κ2) is 5.06. The molecule has 1 aliphatic rings. The van der Waals surface area contributed by atoms with Crippen LogP contribution in [0.15, 0.2) is 24.3 Å². The number of ether oxygens (including phenoxy) is 1. The van der Waals surface area contributed by atoms with Crippen LogP contribution in [0, 0.1) is 0 Å². The second-order valence-corrected chi connectivity index (χ2v) is 4.12. The fourth-order valence-corrected chi connectivity index (χ4v) is 1.87. The zero-order valence-corrected chi connectivity index (χ0v) is 9.26. The van der Waals surface area contributed by atoms with E-state index in [1.165, 1.54) is 12.1 Å². The molecule has 1 aliphatic heterocycles. The van der Waals surface area contributed by atoms with Crippen LogP contribution in [0.25, 0.3) is 0 Å². The summed E-state index contributed by atoms with van der Waals surface area (Å²) in [6.45, 7) is 1.31. The Morgan fingerprint density at radius 3 is 2.82 bits per heavy atom. The topological polar surface area (TPSA) is 21.3 Å². The van der Waals surface area contributed by atoms with Crippen molar-refractivity contribution >= 4 is 0 Å². The SMILES string of the molecule is FC(F)(F)c1cccc(CCC2CNCO2)c1. The Balaban J connectivity index is 1.96. The molecule has 2 rings (SSSR count). The van der Waals surface area contributed by atoms with Crippen LogP contribution in [0.2, 0.25) is 0 Å². The average Bonchev–Trinajstić information content (AvgIpc) is 2.78. The van der Waals surface area contributed by atoms with Gasteiger partial charge in [0.2, 0.25) is 0 Å². The number of hydrogen-bond donors (Lipinski definition) is 1. The molecule has 0 saturated carbocycles. The van der Waals surface area contributed by atoms with Gasteiger partial charge >= 0.3 is 6.18 Å². The third-order valence-corrected chi connectivity index (χ3v) is 2.80. The summed E-state index contributed by atoms with van der Waals surface area (Å²) in [5, 5.41) is 3.04. The minimum atomic E-state index is -4.26. The van der Waals surface area contributed by atoms with Gasteiger partial charge in [-0.3, -0.25) is 5.32 Å². The maximum absolute atomic E-state index is 12.5. The quantitative estimate of drug-likeness (QED) is 0.883.